The molecule has 0 saturated carbocycles. The Kier molecular flexibility index (Phi) is 4.73. The Morgan fingerprint density at radius 3 is 2.25 bits per heavy atom. The molecule has 1 rings (SSSR count). The monoisotopic (exact) mass is 230 g/mol. The summed E-state index contributed by atoms with van der Waals surface area (Å²) in [6.45, 7) is 5.22. The predicted octanol–water partition coefficient (Wildman–Crippen LogP) is 1.05. The minimum Gasteiger partial charge on any atom is -0.458 e. The van der Waals surface area contributed by atoms with Crippen LogP contribution in [0.25, 0.3) is 0 Å². The molecule has 1 fully saturated rings. The lowest BCUT2D eigenvalue weighted by Gasteiger charge is -2.24. The third kappa shape index (κ3) is 4.18. The lowest BCUT2D eigenvalue weighted by Crippen LogP contribution is -2.38. The summed E-state index contributed by atoms with van der Waals surface area (Å²) in [4.78, 5) is 21.9. The van der Waals surface area contributed by atoms with Crippen LogP contribution in [0.5, 0.6) is 0 Å². The minimum atomic E-state index is -0.471. The Balaban J connectivity index is 2.61. The summed E-state index contributed by atoms with van der Waals surface area (Å²) >= 11 is 0. The minimum absolute atomic E-state index is 0.125. The fourth-order valence-corrected chi connectivity index (χ4v) is 1.62. The highest BCUT2D eigenvalue weighted by atomic mass is 16.6. The average Bonchev–Trinajstić information content (AvgIpc) is 2.95. The van der Waals surface area contributed by atoms with E-state index in [2.05, 4.69) is 0 Å². The van der Waals surface area contributed by atoms with Gasteiger partial charge in [-0.15, -0.1) is 0 Å². The first-order valence-corrected chi connectivity index (χ1v) is 5.50. The molecule has 3 atom stereocenters. The van der Waals surface area contributed by atoms with Crippen LogP contribution in [0.15, 0.2) is 0 Å². The van der Waals surface area contributed by atoms with Gasteiger partial charge in [0.1, 0.15) is 12.2 Å². The number of hydrogen-bond donors (Lipinski definition) is 0. The molecular weight excluding hydrogens is 212 g/mol. The lowest BCUT2D eigenvalue weighted by molar-refractivity contribution is -0.167. The van der Waals surface area contributed by atoms with Crippen molar-refractivity contribution in [3.63, 3.8) is 0 Å². The van der Waals surface area contributed by atoms with Gasteiger partial charge in [-0.2, -0.15) is 0 Å². The van der Waals surface area contributed by atoms with Crippen LogP contribution in [0, 0.1) is 0 Å². The molecule has 1 heterocycles. The van der Waals surface area contributed by atoms with E-state index in [1.165, 1.54) is 13.8 Å². The fourth-order valence-electron chi connectivity index (χ4n) is 1.62. The van der Waals surface area contributed by atoms with Gasteiger partial charge in [0.05, 0.1) is 6.61 Å². The molecule has 0 unspecified atom stereocenters. The van der Waals surface area contributed by atoms with Gasteiger partial charge in [-0.3, -0.25) is 9.59 Å². The van der Waals surface area contributed by atoms with Crippen molar-refractivity contribution in [2.24, 2.45) is 0 Å². The highest BCUT2D eigenvalue weighted by Crippen LogP contribution is 2.24. The van der Waals surface area contributed by atoms with Crippen LogP contribution in [0.3, 0.4) is 0 Å². The molecule has 0 amide bonds. The lowest BCUT2D eigenvalue weighted by atomic mass is 10.1. The summed E-state index contributed by atoms with van der Waals surface area (Å²) < 4.78 is 15.4. The fraction of sp³-hybridized carbons (Fsp3) is 0.818. The first-order valence-electron chi connectivity index (χ1n) is 5.50. The second kappa shape index (κ2) is 5.84. The van der Waals surface area contributed by atoms with E-state index in [9.17, 15) is 9.59 Å². The zero-order chi connectivity index (χ0) is 12.1. The Hall–Kier alpha value is -1.10. The Morgan fingerprint density at radius 1 is 1.31 bits per heavy atom. The van der Waals surface area contributed by atoms with E-state index in [0.717, 1.165) is 6.42 Å². The summed E-state index contributed by atoms with van der Waals surface area (Å²) in [7, 11) is 0. The Morgan fingerprint density at radius 2 is 1.88 bits per heavy atom. The molecule has 0 N–H and O–H groups in total. The van der Waals surface area contributed by atoms with Gasteiger partial charge in [0.25, 0.3) is 0 Å². The molecule has 1 saturated heterocycles. The molecule has 0 aromatic rings. The molecule has 5 heteroatoms. The molecule has 92 valence electrons. The molecule has 0 aliphatic carbocycles. The van der Waals surface area contributed by atoms with Crippen LogP contribution < -0.4 is 0 Å². The average molecular weight is 230 g/mol. The van der Waals surface area contributed by atoms with Crippen LogP contribution in [0.1, 0.15) is 33.6 Å². The molecule has 1 aliphatic heterocycles. The summed E-state index contributed by atoms with van der Waals surface area (Å²) in [5, 5.41) is 0. The number of carbonyl (C=O) groups excluding carboxylic acids is 2. The summed E-state index contributed by atoms with van der Waals surface area (Å²) in [5.41, 5.74) is 0. The van der Waals surface area contributed by atoms with Crippen LogP contribution in [0.2, 0.25) is 0 Å². The van der Waals surface area contributed by atoms with Crippen LogP contribution in [0.4, 0.5) is 0 Å². The van der Waals surface area contributed by atoms with Crippen molar-refractivity contribution in [1.29, 1.82) is 0 Å². The van der Waals surface area contributed by atoms with Gasteiger partial charge >= 0.3 is 11.9 Å². The van der Waals surface area contributed by atoms with Gasteiger partial charge < -0.3 is 14.2 Å². The third-order valence-corrected chi connectivity index (χ3v) is 2.28. The first kappa shape index (κ1) is 13.0. The Bertz CT molecular complexity index is 259. The van der Waals surface area contributed by atoms with Gasteiger partial charge in [-0.05, 0) is 6.42 Å². The number of epoxide rings is 1. The molecule has 0 radical (unpaired) electrons. The standard InChI is InChI=1S/C11H18O5/c1-4-5-9(15-7(2)12)11(10-6-14-10)16-8(3)13/h9-11H,4-6H2,1-3H3/t9-,10+,11-/m1/s1. The van der Waals surface area contributed by atoms with Crippen molar-refractivity contribution < 1.29 is 23.8 Å². The van der Waals surface area contributed by atoms with Crippen molar-refractivity contribution in [1.82, 2.24) is 0 Å². The normalized spacial score (nSPS) is 22.1. The van der Waals surface area contributed by atoms with Gasteiger partial charge in [0, 0.05) is 13.8 Å². The molecule has 0 bridgehead atoms. The van der Waals surface area contributed by atoms with Gasteiger partial charge in [0.15, 0.2) is 6.10 Å². The molecule has 16 heavy (non-hydrogen) atoms. The van der Waals surface area contributed by atoms with Crippen LogP contribution in [-0.4, -0.2) is 36.9 Å². The molecule has 5 nitrogen and oxygen atoms in total. The van der Waals surface area contributed by atoms with Crippen molar-refractivity contribution >= 4 is 11.9 Å². The van der Waals surface area contributed by atoms with Crippen molar-refractivity contribution in [3.8, 4) is 0 Å². The SMILES string of the molecule is CCC[C@@H](OC(C)=O)[C@@H](OC(C)=O)[C@@H]1CO1. The maximum Gasteiger partial charge on any atom is 0.303 e. The van der Waals surface area contributed by atoms with E-state index in [4.69, 9.17) is 14.2 Å². The number of ether oxygens (including phenoxy) is 3. The molecule has 0 aromatic heterocycles. The first-order chi connectivity index (χ1) is 7.54. The van der Waals surface area contributed by atoms with E-state index < -0.39 is 12.2 Å². The summed E-state index contributed by atoms with van der Waals surface area (Å²) in [6, 6.07) is 0. The zero-order valence-electron chi connectivity index (χ0n) is 9.89. The van der Waals surface area contributed by atoms with E-state index in [0.29, 0.717) is 13.0 Å². The number of hydrogen-bond acceptors (Lipinski definition) is 5. The van der Waals surface area contributed by atoms with E-state index >= 15 is 0 Å². The quantitative estimate of drug-likeness (QED) is 0.504. The van der Waals surface area contributed by atoms with E-state index in [1.54, 1.807) is 0 Å². The molecular formula is C11H18O5. The van der Waals surface area contributed by atoms with Gasteiger partial charge in [-0.1, -0.05) is 13.3 Å². The van der Waals surface area contributed by atoms with Crippen LogP contribution >= 0.6 is 0 Å². The maximum atomic E-state index is 11.0. The Labute approximate surface area is 95.0 Å². The molecule has 1 aliphatic rings. The van der Waals surface area contributed by atoms with Crippen molar-refractivity contribution in [2.75, 3.05) is 6.61 Å². The highest BCUT2D eigenvalue weighted by molar-refractivity contribution is 5.67. The van der Waals surface area contributed by atoms with E-state index in [-0.39, 0.29) is 18.0 Å². The number of esters is 2. The second-order valence-corrected chi connectivity index (χ2v) is 3.88. The van der Waals surface area contributed by atoms with E-state index in [1.807, 2.05) is 6.92 Å². The molecule has 0 aromatic carbocycles. The summed E-state index contributed by atoms with van der Waals surface area (Å²) in [5.74, 6) is -0.745. The molecule has 0 spiro atoms. The maximum absolute atomic E-state index is 11.0. The smallest absolute Gasteiger partial charge is 0.303 e. The third-order valence-electron chi connectivity index (χ3n) is 2.28. The topological polar surface area (TPSA) is 65.1 Å². The largest absolute Gasteiger partial charge is 0.458 e. The van der Waals surface area contributed by atoms with Crippen molar-refractivity contribution in [3.05, 3.63) is 0 Å². The zero-order valence-corrected chi connectivity index (χ0v) is 9.89. The van der Waals surface area contributed by atoms with Gasteiger partial charge in [0.2, 0.25) is 0 Å². The number of carbonyl (C=O) groups is 2. The van der Waals surface area contributed by atoms with Crippen molar-refractivity contribution in [2.45, 2.75) is 51.9 Å². The summed E-state index contributed by atoms with van der Waals surface area (Å²) in [6.07, 6.45) is 0.514. The second-order valence-electron chi connectivity index (χ2n) is 3.88. The van der Waals surface area contributed by atoms with Gasteiger partial charge in [-0.25, -0.2) is 0 Å². The predicted molar refractivity (Wildman–Crippen MR) is 55.8 cm³/mol. The van der Waals surface area contributed by atoms with Crippen LogP contribution in [-0.2, 0) is 23.8 Å². The number of rotatable bonds is 6. The highest BCUT2D eigenvalue weighted by Gasteiger charge is 2.41.